The van der Waals surface area contributed by atoms with E-state index in [4.69, 9.17) is 0 Å². The first kappa shape index (κ1) is 12.7. The van der Waals surface area contributed by atoms with E-state index in [1.165, 1.54) is 18.2 Å². The number of hydrogen-bond acceptors (Lipinski definition) is 2. The zero-order chi connectivity index (χ0) is 13.1. The molecule has 1 aliphatic rings. The lowest BCUT2D eigenvalue weighted by atomic mass is 9.93. The Morgan fingerprint density at radius 3 is 2.94 bits per heavy atom. The van der Waals surface area contributed by atoms with Gasteiger partial charge in [-0.3, -0.25) is 9.59 Å². The average Bonchev–Trinajstić information content (AvgIpc) is 2.38. The molecule has 1 heterocycles. The van der Waals surface area contributed by atoms with Gasteiger partial charge in [0.05, 0.1) is 0 Å². The van der Waals surface area contributed by atoms with Gasteiger partial charge in [-0.2, -0.15) is 0 Å². The van der Waals surface area contributed by atoms with Gasteiger partial charge in [-0.25, -0.2) is 4.39 Å². The van der Waals surface area contributed by atoms with Crippen LogP contribution in [0.3, 0.4) is 0 Å². The van der Waals surface area contributed by atoms with Crippen LogP contribution in [0.2, 0.25) is 0 Å². The molecule has 0 aliphatic carbocycles. The molecule has 18 heavy (non-hydrogen) atoms. The lowest BCUT2D eigenvalue weighted by Crippen LogP contribution is -2.43. The van der Waals surface area contributed by atoms with E-state index in [-0.39, 0.29) is 17.6 Å². The van der Waals surface area contributed by atoms with E-state index < -0.39 is 5.82 Å². The fourth-order valence-corrected chi connectivity index (χ4v) is 2.25. The normalized spacial score (nSPS) is 20.0. The quantitative estimate of drug-likeness (QED) is 0.806. The number of likely N-dealkylation sites (tertiary alicyclic amines) is 1. The van der Waals surface area contributed by atoms with Gasteiger partial charge >= 0.3 is 0 Å². The van der Waals surface area contributed by atoms with Crippen LogP contribution in [0.5, 0.6) is 0 Å². The number of ketones is 1. The Kier molecular flexibility index (Phi) is 3.75. The summed E-state index contributed by atoms with van der Waals surface area (Å²) in [7, 11) is 0. The minimum Gasteiger partial charge on any atom is -0.337 e. The van der Waals surface area contributed by atoms with E-state index in [2.05, 4.69) is 0 Å². The average molecular weight is 249 g/mol. The number of benzene rings is 1. The Morgan fingerprint density at radius 2 is 2.28 bits per heavy atom. The van der Waals surface area contributed by atoms with E-state index in [1.54, 1.807) is 11.0 Å². The Morgan fingerprint density at radius 1 is 1.50 bits per heavy atom. The summed E-state index contributed by atoms with van der Waals surface area (Å²) in [6.45, 7) is 2.83. The lowest BCUT2D eigenvalue weighted by Gasteiger charge is -2.31. The second-order valence-electron chi connectivity index (χ2n) is 4.58. The van der Waals surface area contributed by atoms with Gasteiger partial charge in [0.25, 0.3) is 5.91 Å². The van der Waals surface area contributed by atoms with Crippen molar-refractivity contribution >= 4 is 11.7 Å². The molecule has 1 aromatic rings. The zero-order valence-corrected chi connectivity index (χ0v) is 10.4. The van der Waals surface area contributed by atoms with Crippen molar-refractivity contribution in [1.29, 1.82) is 0 Å². The van der Waals surface area contributed by atoms with Crippen LogP contribution in [-0.4, -0.2) is 29.7 Å². The van der Waals surface area contributed by atoms with Crippen molar-refractivity contribution in [2.75, 3.05) is 13.1 Å². The van der Waals surface area contributed by atoms with Gasteiger partial charge in [-0.1, -0.05) is 13.0 Å². The van der Waals surface area contributed by atoms with E-state index in [0.29, 0.717) is 25.1 Å². The molecule has 1 aliphatic heterocycles. The summed E-state index contributed by atoms with van der Waals surface area (Å²) in [5.41, 5.74) is 0.346. The molecule has 3 nitrogen and oxygen atoms in total. The van der Waals surface area contributed by atoms with E-state index in [0.717, 1.165) is 6.42 Å². The van der Waals surface area contributed by atoms with Gasteiger partial charge in [0, 0.05) is 31.0 Å². The Labute approximate surface area is 106 Å². The molecular weight excluding hydrogens is 233 g/mol. The highest BCUT2D eigenvalue weighted by molar-refractivity contribution is 5.95. The van der Waals surface area contributed by atoms with Crippen molar-refractivity contribution in [2.45, 2.75) is 19.8 Å². The maximum absolute atomic E-state index is 13.1. The smallest absolute Gasteiger partial charge is 0.253 e. The van der Waals surface area contributed by atoms with Gasteiger partial charge in [-0.05, 0) is 24.6 Å². The number of carbonyl (C=O) groups is 2. The van der Waals surface area contributed by atoms with Crippen molar-refractivity contribution in [3.8, 4) is 0 Å². The number of amides is 1. The molecule has 1 saturated heterocycles. The SMILES string of the molecule is CCC1CN(C(=O)c2cccc(F)c2)CCC1=O. The molecule has 0 aromatic heterocycles. The number of nitrogens with zero attached hydrogens (tertiary/aromatic N) is 1. The van der Waals surface area contributed by atoms with Crippen LogP contribution in [0.1, 0.15) is 30.1 Å². The maximum Gasteiger partial charge on any atom is 0.253 e. The maximum atomic E-state index is 13.1. The molecule has 4 heteroatoms. The Bertz CT molecular complexity index is 473. The molecule has 1 unspecified atom stereocenters. The fraction of sp³-hybridized carbons (Fsp3) is 0.429. The highest BCUT2D eigenvalue weighted by atomic mass is 19.1. The van der Waals surface area contributed by atoms with Crippen molar-refractivity contribution in [2.24, 2.45) is 5.92 Å². The summed E-state index contributed by atoms with van der Waals surface area (Å²) in [4.78, 5) is 25.4. The number of hydrogen-bond donors (Lipinski definition) is 0. The third-order valence-corrected chi connectivity index (χ3v) is 3.38. The van der Waals surface area contributed by atoms with Gasteiger partial charge in [0.2, 0.25) is 0 Å². The van der Waals surface area contributed by atoms with Crippen LogP contribution < -0.4 is 0 Å². The molecular formula is C14H16FNO2. The molecule has 96 valence electrons. The van der Waals surface area contributed by atoms with Crippen LogP contribution in [0, 0.1) is 11.7 Å². The second kappa shape index (κ2) is 5.29. The molecule has 2 rings (SSSR count). The van der Waals surface area contributed by atoms with E-state index in [9.17, 15) is 14.0 Å². The number of halogens is 1. The van der Waals surface area contributed by atoms with Crippen LogP contribution in [-0.2, 0) is 4.79 Å². The van der Waals surface area contributed by atoms with Crippen LogP contribution in [0.25, 0.3) is 0 Å². The Balaban J connectivity index is 2.12. The third-order valence-electron chi connectivity index (χ3n) is 3.38. The van der Waals surface area contributed by atoms with Crippen molar-refractivity contribution in [3.63, 3.8) is 0 Å². The largest absolute Gasteiger partial charge is 0.337 e. The van der Waals surface area contributed by atoms with E-state index >= 15 is 0 Å². The standard InChI is InChI=1S/C14H16FNO2/c1-2-10-9-16(7-6-13(10)17)14(18)11-4-3-5-12(15)8-11/h3-5,8,10H,2,6-7,9H2,1H3. The lowest BCUT2D eigenvalue weighted by molar-refractivity contribution is -0.125. The van der Waals surface area contributed by atoms with Crippen LogP contribution in [0.4, 0.5) is 4.39 Å². The highest BCUT2D eigenvalue weighted by Crippen LogP contribution is 2.18. The third kappa shape index (κ3) is 2.58. The first-order valence-electron chi connectivity index (χ1n) is 6.19. The minimum absolute atomic E-state index is 0.0729. The minimum atomic E-state index is -0.416. The molecule has 0 saturated carbocycles. The van der Waals surface area contributed by atoms with Crippen molar-refractivity contribution < 1.29 is 14.0 Å². The monoisotopic (exact) mass is 249 g/mol. The molecule has 1 aromatic carbocycles. The second-order valence-corrected chi connectivity index (χ2v) is 4.58. The van der Waals surface area contributed by atoms with Gasteiger partial charge in [-0.15, -0.1) is 0 Å². The highest BCUT2D eigenvalue weighted by Gasteiger charge is 2.28. The summed E-state index contributed by atoms with van der Waals surface area (Å²) >= 11 is 0. The summed E-state index contributed by atoms with van der Waals surface area (Å²) in [5, 5.41) is 0. The van der Waals surface area contributed by atoms with Crippen molar-refractivity contribution in [3.05, 3.63) is 35.6 Å². The zero-order valence-electron chi connectivity index (χ0n) is 10.4. The summed E-state index contributed by atoms with van der Waals surface area (Å²) < 4.78 is 13.1. The number of piperidine rings is 1. The topological polar surface area (TPSA) is 37.4 Å². The van der Waals surface area contributed by atoms with Crippen LogP contribution in [0.15, 0.2) is 24.3 Å². The van der Waals surface area contributed by atoms with E-state index in [1.807, 2.05) is 6.92 Å². The molecule has 0 radical (unpaired) electrons. The summed E-state index contributed by atoms with van der Waals surface area (Å²) in [6, 6.07) is 5.67. The summed E-state index contributed by atoms with van der Waals surface area (Å²) in [5.74, 6) is -0.460. The van der Waals surface area contributed by atoms with Gasteiger partial charge in [0.15, 0.2) is 0 Å². The number of Topliss-reactive ketones (excluding diaryl/α,β-unsaturated/α-hetero) is 1. The van der Waals surface area contributed by atoms with Crippen LogP contribution >= 0.6 is 0 Å². The molecule has 1 amide bonds. The van der Waals surface area contributed by atoms with Crippen molar-refractivity contribution in [1.82, 2.24) is 4.90 Å². The molecule has 0 N–H and O–H groups in total. The number of rotatable bonds is 2. The number of carbonyl (C=O) groups excluding carboxylic acids is 2. The first-order chi connectivity index (χ1) is 8.61. The molecule has 1 fully saturated rings. The molecule has 0 bridgehead atoms. The predicted molar refractivity (Wildman–Crippen MR) is 65.7 cm³/mol. The molecule has 1 atom stereocenters. The predicted octanol–water partition coefficient (Wildman–Crippen LogP) is 2.27. The molecule has 0 spiro atoms. The summed E-state index contributed by atoms with van der Waals surface area (Å²) in [6.07, 6.45) is 1.14. The van der Waals surface area contributed by atoms with Gasteiger partial charge < -0.3 is 4.90 Å². The Hall–Kier alpha value is -1.71. The first-order valence-corrected chi connectivity index (χ1v) is 6.19. The van der Waals surface area contributed by atoms with Gasteiger partial charge in [0.1, 0.15) is 11.6 Å². The fourth-order valence-electron chi connectivity index (χ4n) is 2.25.